The lowest BCUT2D eigenvalue weighted by Gasteiger charge is -2.32. The van der Waals surface area contributed by atoms with Gasteiger partial charge in [0.25, 0.3) is 0 Å². The van der Waals surface area contributed by atoms with Gasteiger partial charge in [0.1, 0.15) is 12.4 Å². The zero-order valence-electron chi connectivity index (χ0n) is 16.6. The maximum absolute atomic E-state index is 12.3. The van der Waals surface area contributed by atoms with Crippen molar-refractivity contribution in [3.8, 4) is 5.75 Å². The van der Waals surface area contributed by atoms with Crippen molar-refractivity contribution in [2.75, 3.05) is 26.2 Å². The van der Waals surface area contributed by atoms with Crippen LogP contribution in [0.3, 0.4) is 0 Å². The standard InChI is InChI=1S/C23H28ClN3O2/c24-20-7-5-18(6-8-20)15-27-11-9-17(10-12-27)14-25-23(28)26-21-13-19-3-1-2-4-22(19)29-16-21/h1-8,17,21H,9-16H2,(H2,25,26,28)/t21-/m0/s1. The first kappa shape index (κ1) is 20.0. The lowest BCUT2D eigenvalue weighted by Crippen LogP contribution is -2.48. The maximum atomic E-state index is 12.3. The van der Waals surface area contributed by atoms with Crippen LogP contribution >= 0.6 is 11.6 Å². The van der Waals surface area contributed by atoms with Gasteiger partial charge in [0.2, 0.25) is 0 Å². The second-order valence-electron chi connectivity index (χ2n) is 8.02. The van der Waals surface area contributed by atoms with Gasteiger partial charge in [-0.1, -0.05) is 41.9 Å². The number of carbonyl (C=O) groups is 1. The second kappa shape index (κ2) is 9.51. The molecule has 0 radical (unpaired) electrons. The van der Waals surface area contributed by atoms with E-state index in [4.69, 9.17) is 16.3 Å². The number of fused-ring (bicyclic) bond motifs is 1. The molecule has 5 nitrogen and oxygen atoms in total. The number of hydrogen-bond donors (Lipinski definition) is 2. The van der Waals surface area contributed by atoms with Crippen LogP contribution in [0.5, 0.6) is 5.75 Å². The summed E-state index contributed by atoms with van der Waals surface area (Å²) in [7, 11) is 0. The molecule has 154 valence electrons. The number of benzene rings is 2. The van der Waals surface area contributed by atoms with Crippen molar-refractivity contribution in [1.82, 2.24) is 15.5 Å². The Balaban J connectivity index is 1.15. The molecular weight excluding hydrogens is 386 g/mol. The molecule has 2 aromatic rings. The molecule has 1 fully saturated rings. The predicted molar refractivity (Wildman–Crippen MR) is 115 cm³/mol. The largest absolute Gasteiger partial charge is 0.491 e. The highest BCUT2D eigenvalue weighted by atomic mass is 35.5. The van der Waals surface area contributed by atoms with E-state index in [-0.39, 0.29) is 12.1 Å². The monoisotopic (exact) mass is 413 g/mol. The number of urea groups is 1. The third-order valence-electron chi connectivity index (χ3n) is 5.79. The van der Waals surface area contributed by atoms with Gasteiger partial charge < -0.3 is 15.4 Å². The zero-order valence-corrected chi connectivity index (χ0v) is 17.3. The van der Waals surface area contributed by atoms with E-state index < -0.39 is 0 Å². The Morgan fingerprint density at radius 2 is 1.86 bits per heavy atom. The number of carbonyl (C=O) groups excluding carboxylic acids is 1. The summed E-state index contributed by atoms with van der Waals surface area (Å²) < 4.78 is 5.74. The second-order valence-corrected chi connectivity index (χ2v) is 8.46. The van der Waals surface area contributed by atoms with E-state index in [0.717, 1.165) is 61.8 Å². The first-order valence-corrected chi connectivity index (χ1v) is 10.8. The first-order chi connectivity index (χ1) is 14.2. The van der Waals surface area contributed by atoms with Gasteiger partial charge in [-0.05, 0) is 67.6 Å². The van der Waals surface area contributed by atoms with Crippen LogP contribution in [0.1, 0.15) is 24.0 Å². The van der Waals surface area contributed by atoms with Crippen molar-refractivity contribution >= 4 is 17.6 Å². The molecule has 2 aromatic carbocycles. The number of likely N-dealkylation sites (tertiary alicyclic amines) is 1. The van der Waals surface area contributed by atoms with Crippen LogP contribution in [0.15, 0.2) is 48.5 Å². The van der Waals surface area contributed by atoms with E-state index >= 15 is 0 Å². The molecule has 2 amide bonds. The average Bonchev–Trinajstić information content (AvgIpc) is 2.75. The molecule has 0 unspecified atom stereocenters. The van der Waals surface area contributed by atoms with Crippen molar-refractivity contribution in [2.45, 2.75) is 31.8 Å². The summed E-state index contributed by atoms with van der Waals surface area (Å²) in [5.74, 6) is 1.46. The number of halogens is 1. The average molecular weight is 414 g/mol. The molecule has 29 heavy (non-hydrogen) atoms. The van der Waals surface area contributed by atoms with Gasteiger partial charge in [0.15, 0.2) is 0 Å². The number of nitrogens with zero attached hydrogens (tertiary/aromatic N) is 1. The third kappa shape index (κ3) is 5.64. The third-order valence-corrected chi connectivity index (χ3v) is 6.04. The lowest BCUT2D eigenvalue weighted by molar-refractivity contribution is 0.173. The molecule has 0 spiro atoms. The van der Waals surface area contributed by atoms with Crippen molar-refractivity contribution in [3.05, 3.63) is 64.7 Å². The van der Waals surface area contributed by atoms with E-state index in [1.54, 1.807) is 0 Å². The Labute approximate surface area is 177 Å². The van der Waals surface area contributed by atoms with E-state index in [0.29, 0.717) is 12.5 Å². The fraction of sp³-hybridized carbons (Fsp3) is 0.435. The van der Waals surface area contributed by atoms with Gasteiger partial charge in [-0.15, -0.1) is 0 Å². The molecular formula is C23H28ClN3O2. The van der Waals surface area contributed by atoms with E-state index in [2.05, 4.69) is 33.7 Å². The van der Waals surface area contributed by atoms with Crippen molar-refractivity contribution in [3.63, 3.8) is 0 Å². The molecule has 0 aromatic heterocycles. The number of nitrogens with one attached hydrogen (secondary N) is 2. The zero-order chi connectivity index (χ0) is 20.1. The summed E-state index contributed by atoms with van der Waals surface area (Å²) >= 11 is 5.96. The summed E-state index contributed by atoms with van der Waals surface area (Å²) in [5.41, 5.74) is 2.44. The van der Waals surface area contributed by atoms with E-state index in [9.17, 15) is 4.79 Å². The minimum Gasteiger partial charge on any atom is -0.491 e. The summed E-state index contributed by atoms with van der Waals surface area (Å²) in [6, 6.07) is 16.0. The summed E-state index contributed by atoms with van der Waals surface area (Å²) in [6.45, 7) is 4.33. The van der Waals surface area contributed by atoms with Crippen molar-refractivity contribution < 1.29 is 9.53 Å². The van der Waals surface area contributed by atoms with Crippen LogP contribution in [0.25, 0.3) is 0 Å². The van der Waals surface area contributed by atoms with Crippen LogP contribution in [0, 0.1) is 5.92 Å². The minimum atomic E-state index is -0.0958. The van der Waals surface area contributed by atoms with Crippen molar-refractivity contribution in [1.29, 1.82) is 0 Å². The number of ether oxygens (including phenoxy) is 1. The first-order valence-electron chi connectivity index (χ1n) is 10.4. The Bertz CT molecular complexity index is 819. The Morgan fingerprint density at radius 3 is 2.66 bits per heavy atom. The molecule has 6 heteroatoms. The molecule has 1 atom stereocenters. The van der Waals surface area contributed by atoms with E-state index in [1.807, 2.05) is 30.3 Å². The Morgan fingerprint density at radius 1 is 1.10 bits per heavy atom. The molecule has 1 saturated heterocycles. The highest BCUT2D eigenvalue weighted by molar-refractivity contribution is 6.30. The van der Waals surface area contributed by atoms with Crippen LogP contribution in [0.4, 0.5) is 4.79 Å². The van der Waals surface area contributed by atoms with Gasteiger partial charge in [-0.2, -0.15) is 0 Å². The van der Waals surface area contributed by atoms with Gasteiger partial charge >= 0.3 is 6.03 Å². The quantitative estimate of drug-likeness (QED) is 0.782. The number of rotatable bonds is 5. The molecule has 2 aliphatic heterocycles. The van der Waals surface area contributed by atoms with Crippen LogP contribution in [-0.4, -0.2) is 43.2 Å². The molecule has 2 heterocycles. The molecule has 2 N–H and O–H groups in total. The lowest BCUT2D eigenvalue weighted by atomic mass is 9.96. The van der Waals surface area contributed by atoms with Gasteiger partial charge in [-0.3, -0.25) is 4.90 Å². The van der Waals surface area contributed by atoms with Gasteiger partial charge in [0, 0.05) is 18.1 Å². The van der Waals surface area contributed by atoms with Gasteiger partial charge in [0.05, 0.1) is 6.04 Å². The fourth-order valence-electron chi connectivity index (χ4n) is 4.09. The fourth-order valence-corrected chi connectivity index (χ4v) is 4.22. The molecule has 2 aliphatic rings. The summed E-state index contributed by atoms with van der Waals surface area (Å²) in [6.07, 6.45) is 3.02. The maximum Gasteiger partial charge on any atom is 0.315 e. The number of amides is 2. The van der Waals surface area contributed by atoms with Crippen LogP contribution in [-0.2, 0) is 13.0 Å². The van der Waals surface area contributed by atoms with Gasteiger partial charge in [-0.25, -0.2) is 4.79 Å². The molecule has 0 bridgehead atoms. The minimum absolute atomic E-state index is 0.0196. The number of para-hydroxylation sites is 1. The SMILES string of the molecule is O=C(NCC1CCN(Cc2ccc(Cl)cc2)CC1)N[C@@H]1COc2ccccc2C1. The molecule has 4 rings (SSSR count). The smallest absolute Gasteiger partial charge is 0.315 e. The number of hydrogen-bond acceptors (Lipinski definition) is 3. The normalized spacial score (nSPS) is 19.8. The van der Waals surface area contributed by atoms with Crippen LogP contribution in [0.2, 0.25) is 5.02 Å². The van der Waals surface area contributed by atoms with E-state index in [1.165, 1.54) is 5.56 Å². The Hall–Kier alpha value is -2.24. The molecule has 0 aliphatic carbocycles. The summed E-state index contributed by atoms with van der Waals surface area (Å²) in [4.78, 5) is 14.8. The predicted octanol–water partition coefficient (Wildman–Crippen LogP) is 3.85. The highest BCUT2D eigenvalue weighted by Crippen LogP contribution is 2.24. The molecule has 0 saturated carbocycles. The van der Waals surface area contributed by atoms with Crippen LogP contribution < -0.4 is 15.4 Å². The van der Waals surface area contributed by atoms with Crippen molar-refractivity contribution in [2.24, 2.45) is 5.92 Å². The summed E-state index contributed by atoms with van der Waals surface area (Å²) in [5, 5.41) is 6.88. The number of piperidine rings is 1. The topological polar surface area (TPSA) is 53.6 Å². The Kier molecular flexibility index (Phi) is 6.57. The highest BCUT2D eigenvalue weighted by Gasteiger charge is 2.23.